The third kappa shape index (κ3) is 2.60. The van der Waals surface area contributed by atoms with Gasteiger partial charge in [0.15, 0.2) is 0 Å². The molecule has 0 aromatic heterocycles. The number of thioether (sulfide) groups is 1. The summed E-state index contributed by atoms with van der Waals surface area (Å²) in [6, 6.07) is 10.4. The Morgan fingerprint density at radius 2 is 1.94 bits per heavy atom. The molecule has 1 nitrogen and oxygen atoms in total. The summed E-state index contributed by atoms with van der Waals surface area (Å²) in [4.78, 5) is 0. The first-order valence-corrected chi connectivity index (χ1v) is 8.42. The van der Waals surface area contributed by atoms with Gasteiger partial charge in [0.2, 0.25) is 0 Å². The molecule has 0 bridgehead atoms. The van der Waals surface area contributed by atoms with Gasteiger partial charge in [-0.2, -0.15) is 11.8 Å². The minimum Gasteiger partial charge on any atom is -0.306 e. The van der Waals surface area contributed by atoms with Crippen molar-refractivity contribution >= 4 is 11.8 Å². The molecule has 0 saturated carbocycles. The summed E-state index contributed by atoms with van der Waals surface area (Å²) < 4.78 is 0. The lowest BCUT2D eigenvalue weighted by Gasteiger charge is -2.34. The van der Waals surface area contributed by atoms with Crippen LogP contribution in [-0.2, 0) is 0 Å². The van der Waals surface area contributed by atoms with Gasteiger partial charge in [0.05, 0.1) is 0 Å². The predicted molar refractivity (Wildman–Crippen MR) is 80.3 cm³/mol. The van der Waals surface area contributed by atoms with Crippen molar-refractivity contribution in [1.82, 2.24) is 5.32 Å². The van der Waals surface area contributed by atoms with Crippen LogP contribution in [-0.4, -0.2) is 17.5 Å². The van der Waals surface area contributed by atoms with Crippen LogP contribution in [0.15, 0.2) is 24.3 Å². The minimum absolute atomic E-state index is 0.598. The molecule has 3 unspecified atom stereocenters. The molecule has 0 spiro atoms. The molecule has 2 aliphatic rings. The van der Waals surface area contributed by atoms with Gasteiger partial charge in [-0.1, -0.05) is 31.2 Å². The molecule has 0 radical (unpaired) electrons. The van der Waals surface area contributed by atoms with Gasteiger partial charge < -0.3 is 5.32 Å². The molecular formula is C16H23NS. The SMILES string of the molecule is CC1CCC(NC2CCCSC2)c2ccccc21. The standard InChI is InChI=1S/C16H23NS/c1-12-8-9-16(15-7-3-2-6-14(12)15)17-13-5-4-10-18-11-13/h2-3,6-7,12-13,16-17H,4-5,8-11H2,1H3. The van der Waals surface area contributed by atoms with Crippen molar-refractivity contribution < 1.29 is 0 Å². The Balaban J connectivity index is 1.75. The second kappa shape index (κ2) is 5.66. The van der Waals surface area contributed by atoms with Crippen molar-refractivity contribution in [2.24, 2.45) is 0 Å². The molecule has 0 amide bonds. The first-order valence-electron chi connectivity index (χ1n) is 7.27. The molecule has 2 heteroatoms. The Kier molecular flexibility index (Phi) is 3.95. The van der Waals surface area contributed by atoms with Crippen LogP contribution < -0.4 is 5.32 Å². The Morgan fingerprint density at radius 1 is 1.11 bits per heavy atom. The van der Waals surface area contributed by atoms with E-state index in [4.69, 9.17) is 0 Å². The number of rotatable bonds is 2. The van der Waals surface area contributed by atoms with Crippen molar-refractivity contribution in [3.05, 3.63) is 35.4 Å². The molecule has 1 aromatic rings. The van der Waals surface area contributed by atoms with Gasteiger partial charge >= 0.3 is 0 Å². The van der Waals surface area contributed by atoms with E-state index < -0.39 is 0 Å². The molecule has 1 heterocycles. The third-order valence-electron chi connectivity index (χ3n) is 4.39. The van der Waals surface area contributed by atoms with Crippen LogP contribution in [0.3, 0.4) is 0 Å². The summed E-state index contributed by atoms with van der Waals surface area (Å²) >= 11 is 2.11. The van der Waals surface area contributed by atoms with Gasteiger partial charge in [-0.05, 0) is 48.5 Å². The zero-order valence-corrected chi connectivity index (χ0v) is 12.0. The lowest BCUT2D eigenvalue weighted by Crippen LogP contribution is -2.38. The average Bonchev–Trinajstić information content (AvgIpc) is 2.44. The molecular weight excluding hydrogens is 238 g/mol. The average molecular weight is 261 g/mol. The van der Waals surface area contributed by atoms with Crippen LogP contribution in [0.1, 0.15) is 55.7 Å². The van der Waals surface area contributed by atoms with Crippen LogP contribution in [0.25, 0.3) is 0 Å². The van der Waals surface area contributed by atoms with Crippen molar-refractivity contribution in [1.29, 1.82) is 0 Å². The number of hydrogen-bond donors (Lipinski definition) is 1. The maximum atomic E-state index is 3.91. The topological polar surface area (TPSA) is 12.0 Å². The zero-order valence-electron chi connectivity index (χ0n) is 11.2. The quantitative estimate of drug-likeness (QED) is 0.860. The van der Waals surface area contributed by atoms with Gasteiger partial charge in [0.25, 0.3) is 0 Å². The van der Waals surface area contributed by atoms with Crippen molar-refractivity contribution in [3.63, 3.8) is 0 Å². The van der Waals surface area contributed by atoms with Crippen LogP contribution in [0.5, 0.6) is 0 Å². The number of hydrogen-bond acceptors (Lipinski definition) is 2. The smallest absolute Gasteiger partial charge is 0.0326 e. The summed E-state index contributed by atoms with van der Waals surface area (Å²) in [7, 11) is 0. The Labute approximate surface area is 115 Å². The van der Waals surface area contributed by atoms with E-state index >= 15 is 0 Å². The van der Waals surface area contributed by atoms with E-state index in [1.165, 1.54) is 37.2 Å². The highest BCUT2D eigenvalue weighted by molar-refractivity contribution is 7.99. The van der Waals surface area contributed by atoms with Gasteiger partial charge in [0, 0.05) is 17.8 Å². The van der Waals surface area contributed by atoms with Gasteiger partial charge in [-0.3, -0.25) is 0 Å². The Bertz CT molecular complexity index is 398. The molecule has 3 atom stereocenters. The van der Waals surface area contributed by atoms with E-state index in [2.05, 4.69) is 48.3 Å². The highest BCUT2D eigenvalue weighted by atomic mass is 32.2. The van der Waals surface area contributed by atoms with Gasteiger partial charge in [-0.25, -0.2) is 0 Å². The van der Waals surface area contributed by atoms with E-state index in [0.717, 1.165) is 12.0 Å². The predicted octanol–water partition coefficient (Wildman–Crippen LogP) is 4.11. The fraction of sp³-hybridized carbons (Fsp3) is 0.625. The molecule has 1 saturated heterocycles. The minimum atomic E-state index is 0.598. The summed E-state index contributed by atoms with van der Waals surface area (Å²) in [5.41, 5.74) is 3.14. The first-order chi connectivity index (χ1) is 8.84. The van der Waals surface area contributed by atoms with Crippen LogP contribution in [0.4, 0.5) is 0 Å². The van der Waals surface area contributed by atoms with Crippen molar-refractivity contribution in [2.75, 3.05) is 11.5 Å². The van der Waals surface area contributed by atoms with Crippen LogP contribution in [0.2, 0.25) is 0 Å². The monoisotopic (exact) mass is 261 g/mol. The highest BCUT2D eigenvalue weighted by Gasteiger charge is 2.26. The fourth-order valence-corrected chi connectivity index (χ4v) is 4.42. The summed E-state index contributed by atoms with van der Waals surface area (Å²) in [6.07, 6.45) is 5.38. The molecule has 98 valence electrons. The molecule has 3 rings (SSSR count). The summed E-state index contributed by atoms with van der Waals surface area (Å²) in [6.45, 7) is 2.37. The Morgan fingerprint density at radius 3 is 2.72 bits per heavy atom. The highest BCUT2D eigenvalue weighted by Crippen LogP contribution is 2.37. The normalized spacial score (nSPS) is 31.9. The lowest BCUT2D eigenvalue weighted by molar-refractivity contribution is 0.379. The van der Waals surface area contributed by atoms with Crippen LogP contribution >= 0.6 is 11.8 Å². The fourth-order valence-electron chi connectivity index (χ4n) is 3.33. The molecule has 1 fully saturated rings. The molecule has 1 aromatic carbocycles. The second-order valence-corrected chi connectivity index (χ2v) is 6.89. The first kappa shape index (κ1) is 12.6. The van der Waals surface area contributed by atoms with E-state index in [1.54, 1.807) is 11.1 Å². The second-order valence-electron chi connectivity index (χ2n) is 5.74. The Hall–Kier alpha value is -0.470. The van der Waals surface area contributed by atoms with Crippen molar-refractivity contribution in [3.8, 4) is 0 Å². The summed E-state index contributed by atoms with van der Waals surface area (Å²) in [5, 5.41) is 3.91. The van der Waals surface area contributed by atoms with E-state index in [0.29, 0.717) is 6.04 Å². The molecule has 1 aliphatic heterocycles. The molecule has 1 N–H and O–H groups in total. The van der Waals surface area contributed by atoms with Gasteiger partial charge in [0.1, 0.15) is 0 Å². The maximum Gasteiger partial charge on any atom is 0.0326 e. The zero-order chi connectivity index (χ0) is 12.4. The largest absolute Gasteiger partial charge is 0.306 e. The number of benzene rings is 1. The third-order valence-corrected chi connectivity index (χ3v) is 5.60. The molecule has 1 aliphatic carbocycles. The lowest BCUT2D eigenvalue weighted by atomic mass is 9.81. The van der Waals surface area contributed by atoms with E-state index in [-0.39, 0.29) is 0 Å². The maximum absolute atomic E-state index is 3.91. The summed E-state index contributed by atoms with van der Waals surface area (Å²) in [5.74, 6) is 3.39. The van der Waals surface area contributed by atoms with Crippen LogP contribution in [0, 0.1) is 0 Å². The molecule has 18 heavy (non-hydrogen) atoms. The number of fused-ring (bicyclic) bond motifs is 1. The van der Waals surface area contributed by atoms with Gasteiger partial charge in [-0.15, -0.1) is 0 Å². The van der Waals surface area contributed by atoms with E-state index in [9.17, 15) is 0 Å². The van der Waals surface area contributed by atoms with E-state index in [1.807, 2.05) is 0 Å². The number of nitrogens with one attached hydrogen (secondary N) is 1. The van der Waals surface area contributed by atoms with Crippen molar-refractivity contribution in [2.45, 2.75) is 50.6 Å².